The largest absolute Gasteiger partial charge is 0.396 e. The van der Waals surface area contributed by atoms with Crippen molar-refractivity contribution in [2.45, 2.75) is 58.8 Å². The van der Waals surface area contributed by atoms with Gasteiger partial charge in [-0.15, -0.1) is 0 Å². The first-order chi connectivity index (χ1) is 7.74. The summed E-state index contributed by atoms with van der Waals surface area (Å²) >= 11 is 0. The van der Waals surface area contributed by atoms with E-state index in [2.05, 4.69) is 19.2 Å². The lowest BCUT2D eigenvalue weighted by Gasteiger charge is -2.15. The van der Waals surface area contributed by atoms with Crippen LogP contribution in [0.2, 0.25) is 0 Å². The minimum atomic E-state index is 0.160. The zero-order valence-electron chi connectivity index (χ0n) is 10.8. The van der Waals surface area contributed by atoms with Gasteiger partial charge < -0.3 is 10.4 Å². The standard InChI is InChI=1S/C13H27NO2/c1-3-5-6-8-13(16)14-11-12(7-4-2)9-10-15/h12,15H,3-11H2,1-2H3,(H,14,16). The summed E-state index contributed by atoms with van der Waals surface area (Å²) in [5.74, 6) is 0.595. The first-order valence-electron chi connectivity index (χ1n) is 6.62. The lowest BCUT2D eigenvalue weighted by molar-refractivity contribution is -0.121. The van der Waals surface area contributed by atoms with Crippen LogP contribution in [0.15, 0.2) is 0 Å². The second kappa shape index (κ2) is 10.9. The number of rotatable bonds is 10. The van der Waals surface area contributed by atoms with Crippen molar-refractivity contribution in [2.75, 3.05) is 13.2 Å². The molecular formula is C13H27NO2. The van der Waals surface area contributed by atoms with E-state index in [0.29, 0.717) is 12.3 Å². The minimum Gasteiger partial charge on any atom is -0.396 e. The average molecular weight is 229 g/mol. The van der Waals surface area contributed by atoms with Gasteiger partial charge in [0.25, 0.3) is 0 Å². The highest BCUT2D eigenvalue weighted by Crippen LogP contribution is 2.09. The molecule has 0 aliphatic heterocycles. The Kier molecular flexibility index (Phi) is 10.5. The van der Waals surface area contributed by atoms with Crippen molar-refractivity contribution in [3.63, 3.8) is 0 Å². The SMILES string of the molecule is CCCCCC(=O)NCC(CCC)CCO. The Balaban J connectivity index is 3.60. The molecule has 0 rings (SSSR count). The van der Waals surface area contributed by atoms with Crippen LogP contribution in [0.5, 0.6) is 0 Å². The van der Waals surface area contributed by atoms with Gasteiger partial charge in [-0.3, -0.25) is 4.79 Å². The third-order valence-corrected chi connectivity index (χ3v) is 2.83. The molecule has 0 aromatic rings. The number of nitrogens with one attached hydrogen (secondary N) is 1. The number of amides is 1. The summed E-state index contributed by atoms with van der Waals surface area (Å²) in [7, 11) is 0. The molecule has 0 aliphatic rings. The van der Waals surface area contributed by atoms with Gasteiger partial charge in [-0.2, -0.15) is 0 Å². The van der Waals surface area contributed by atoms with Crippen molar-refractivity contribution < 1.29 is 9.90 Å². The van der Waals surface area contributed by atoms with Gasteiger partial charge in [0.1, 0.15) is 0 Å². The summed E-state index contributed by atoms with van der Waals surface area (Å²) in [6.07, 6.45) is 6.89. The maximum Gasteiger partial charge on any atom is 0.220 e. The normalized spacial score (nSPS) is 12.4. The highest BCUT2D eigenvalue weighted by Gasteiger charge is 2.08. The Labute approximate surface area is 99.6 Å². The molecule has 1 amide bonds. The Bertz CT molecular complexity index is 165. The van der Waals surface area contributed by atoms with Gasteiger partial charge in [0.2, 0.25) is 5.91 Å². The smallest absolute Gasteiger partial charge is 0.220 e. The third kappa shape index (κ3) is 8.72. The maximum atomic E-state index is 11.5. The Morgan fingerprint density at radius 1 is 1.19 bits per heavy atom. The maximum absolute atomic E-state index is 11.5. The van der Waals surface area contributed by atoms with Gasteiger partial charge >= 0.3 is 0 Å². The molecule has 0 aromatic heterocycles. The van der Waals surface area contributed by atoms with Crippen molar-refractivity contribution >= 4 is 5.91 Å². The van der Waals surface area contributed by atoms with Crippen LogP contribution in [-0.4, -0.2) is 24.2 Å². The topological polar surface area (TPSA) is 49.3 Å². The van der Waals surface area contributed by atoms with Crippen LogP contribution in [0.4, 0.5) is 0 Å². The van der Waals surface area contributed by atoms with Gasteiger partial charge in [0.15, 0.2) is 0 Å². The monoisotopic (exact) mass is 229 g/mol. The van der Waals surface area contributed by atoms with E-state index in [1.807, 2.05) is 0 Å². The Hall–Kier alpha value is -0.570. The highest BCUT2D eigenvalue weighted by molar-refractivity contribution is 5.75. The number of carbonyl (C=O) groups excluding carboxylic acids is 1. The summed E-state index contributed by atoms with van der Waals surface area (Å²) in [5, 5.41) is 11.9. The lowest BCUT2D eigenvalue weighted by Crippen LogP contribution is -2.29. The summed E-state index contributed by atoms with van der Waals surface area (Å²) in [4.78, 5) is 11.5. The molecule has 96 valence electrons. The number of aliphatic hydroxyl groups is 1. The fourth-order valence-electron chi connectivity index (χ4n) is 1.82. The van der Waals surface area contributed by atoms with Crippen LogP contribution in [0.25, 0.3) is 0 Å². The summed E-state index contributed by atoms with van der Waals surface area (Å²) in [5.41, 5.74) is 0. The number of carbonyl (C=O) groups is 1. The fourth-order valence-corrected chi connectivity index (χ4v) is 1.82. The second-order valence-corrected chi connectivity index (χ2v) is 4.43. The molecule has 0 fully saturated rings. The van der Waals surface area contributed by atoms with Gasteiger partial charge in [0, 0.05) is 19.6 Å². The Morgan fingerprint density at radius 3 is 2.50 bits per heavy atom. The quantitative estimate of drug-likeness (QED) is 0.565. The molecule has 0 saturated carbocycles. The molecule has 0 saturated heterocycles. The number of unbranched alkanes of at least 4 members (excludes halogenated alkanes) is 2. The average Bonchev–Trinajstić information content (AvgIpc) is 2.27. The third-order valence-electron chi connectivity index (χ3n) is 2.83. The predicted molar refractivity (Wildman–Crippen MR) is 67.3 cm³/mol. The molecule has 0 bridgehead atoms. The summed E-state index contributed by atoms with van der Waals surface area (Å²) in [6.45, 7) is 5.21. The summed E-state index contributed by atoms with van der Waals surface area (Å²) < 4.78 is 0. The van der Waals surface area contributed by atoms with Gasteiger partial charge in [-0.1, -0.05) is 33.1 Å². The molecule has 1 unspecified atom stereocenters. The molecule has 0 radical (unpaired) electrons. The highest BCUT2D eigenvalue weighted by atomic mass is 16.3. The van der Waals surface area contributed by atoms with E-state index in [1.54, 1.807) is 0 Å². The van der Waals surface area contributed by atoms with Crippen molar-refractivity contribution in [1.29, 1.82) is 0 Å². The van der Waals surface area contributed by atoms with Gasteiger partial charge in [-0.25, -0.2) is 0 Å². The van der Waals surface area contributed by atoms with E-state index in [0.717, 1.165) is 45.1 Å². The molecule has 0 aromatic carbocycles. The number of hydrogen-bond donors (Lipinski definition) is 2. The first-order valence-corrected chi connectivity index (χ1v) is 6.62. The zero-order valence-corrected chi connectivity index (χ0v) is 10.8. The molecule has 16 heavy (non-hydrogen) atoms. The van der Waals surface area contributed by atoms with E-state index in [9.17, 15) is 4.79 Å². The molecule has 3 nitrogen and oxygen atoms in total. The van der Waals surface area contributed by atoms with E-state index in [1.165, 1.54) is 0 Å². The molecule has 3 heteroatoms. The van der Waals surface area contributed by atoms with Crippen LogP contribution in [0.1, 0.15) is 58.8 Å². The molecule has 0 heterocycles. The number of hydrogen-bond acceptors (Lipinski definition) is 2. The second-order valence-electron chi connectivity index (χ2n) is 4.43. The van der Waals surface area contributed by atoms with Crippen LogP contribution in [0, 0.1) is 5.92 Å². The first kappa shape index (κ1) is 15.4. The lowest BCUT2D eigenvalue weighted by atomic mass is 10.0. The Morgan fingerprint density at radius 2 is 1.94 bits per heavy atom. The van der Waals surface area contributed by atoms with Crippen LogP contribution in [-0.2, 0) is 4.79 Å². The van der Waals surface area contributed by atoms with Crippen molar-refractivity contribution in [1.82, 2.24) is 5.32 Å². The van der Waals surface area contributed by atoms with Crippen molar-refractivity contribution in [2.24, 2.45) is 5.92 Å². The molecule has 0 spiro atoms. The van der Waals surface area contributed by atoms with E-state index in [-0.39, 0.29) is 12.5 Å². The van der Waals surface area contributed by atoms with Gasteiger partial charge in [0.05, 0.1) is 0 Å². The van der Waals surface area contributed by atoms with E-state index in [4.69, 9.17) is 5.11 Å². The van der Waals surface area contributed by atoms with E-state index >= 15 is 0 Å². The molecule has 2 N–H and O–H groups in total. The number of aliphatic hydroxyl groups excluding tert-OH is 1. The van der Waals surface area contributed by atoms with Gasteiger partial charge in [-0.05, 0) is 25.2 Å². The van der Waals surface area contributed by atoms with Crippen LogP contribution < -0.4 is 5.32 Å². The summed E-state index contributed by atoms with van der Waals surface area (Å²) in [6, 6.07) is 0. The zero-order chi connectivity index (χ0) is 12.2. The van der Waals surface area contributed by atoms with Crippen LogP contribution >= 0.6 is 0 Å². The molecule has 0 aliphatic carbocycles. The minimum absolute atomic E-state index is 0.160. The molecular weight excluding hydrogens is 202 g/mol. The van der Waals surface area contributed by atoms with Crippen molar-refractivity contribution in [3.05, 3.63) is 0 Å². The predicted octanol–water partition coefficient (Wildman–Crippen LogP) is 2.48. The molecule has 1 atom stereocenters. The fraction of sp³-hybridized carbons (Fsp3) is 0.923. The van der Waals surface area contributed by atoms with Crippen LogP contribution in [0.3, 0.4) is 0 Å². The van der Waals surface area contributed by atoms with Crippen molar-refractivity contribution in [3.8, 4) is 0 Å². The van der Waals surface area contributed by atoms with E-state index < -0.39 is 0 Å².